The lowest BCUT2D eigenvalue weighted by molar-refractivity contribution is -0.138. The van der Waals surface area contributed by atoms with E-state index in [-0.39, 0.29) is 18.1 Å². The number of ether oxygens (including phenoxy) is 1. The Morgan fingerprint density at radius 2 is 2.13 bits per heavy atom. The maximum Gasteiger partial charge on any atom is 0.262 e. The highest BCUT2D eigenvalue weighted by atomic mass is 16.5. The van der Waals surface area contributed by atoms with Gasteiger partial charge in [0.1, 0.15) is 6.10 Å². The molecule has 4 nitrogen and oxygen atoms in total. The Morgan fingerprint density at radius 1 is 1.47 bits per heavy atom. The van der Waals surface area contributed by atoms with Gasteiger partial charge in [-0.25, -0.2) is 5.84 Å². The van der Waals surface area contributed by atoms with E-state index in [4.69, 9.17) is 10.6 Å². The minimum atomic E-state index is -0.358. The van der Waals surface area contributed by atoms with E-state index in [1.165, 1.54) is 19.3 Å². The number of hydrazine groups is 1. The fourth-order valence-corrected chi connectivity index (χ4v) is 2.05. The summed E-state index contributed by atoms with van der Waals surface area (Å²) < 4.78 is 5.79. The molecule has 1 amide bonds. The second kappa shape index (κ2) is 6.80. The molecular weight excluding hydrogens is 192 g/mol. The molecule has 0 bridgehead atoms. The van der Waals surface area contributed by atoms with Gasteiger partial charge in [-0.2, -0.15) is 0 Å². The average Bonchev–Trinajstić information content (AvgIpc) is 2.29. The second-order valence-corrected chi connectivity index (χ2v) is 4.18. The average molecular weight is 214 g/mol. The molecule has 0 aliphatic heterocycles. The molecule has 4 heteroatoms. The first-order valence-electron chi connectivity index (χ1n) is 5.93. The van der Waals surface area contributed by atoms with Crippen LogP contribution in [0.1, 0.15) is 51.9 Å². The highest BCUT2D eigenvalue weighted by Crippen LogP contribution is 2.22. The third-order valence-electron chi connectivity index (χ3n) is 2.89. The van der Waals surface area contributed by atoms with Crippen LogP contribution in [0.4, 0.5) is 0 Å². The Balaban J connectivity index is 2.38. The van der Waals surface area contributed by atoms with Gasteiger partial charge in [0.05, 0.1) is 6.10 Å². The van der Waals surface area contributed by atoms with Gasteiger partial charge in [-0.3, -0.25) is 10.2 Å². The second-order valence-electron chi connectivity index (χ2n) is 4.18. The summed E-state index contributed by atoms with van der Waals surface area (Å²) in [4.78, 5) is 11.4. The van der Waals surface area contributed by atoms with Crippen molar-refractivity contribution in [1.29, 1.82) is 0 Å². The van der Waals surface area contributed by atoms with E-state index in [2.05, 4.69) is 5.43 Å². The standard InChI is InChI=1S/C11H22N2O2/c1-2-6-10(11(14)13-12)15-9-7-4-3-5-8-9/h9-10H,2-8,12H2,1H3,(H,13,14). The number of nitrogens with one attached hydrogen (secondary N) is 1. The summed E-state index contributed by atoms with van der Waals surface area (Å²) in [7, 11) is 0. The van der Waals surface area contributed by atoms with Crippen LogP contribution >= 0.6 is 0 Å². The molecular formula is C11H22N2O2. The lowest BCUT2D eigenvalue weighted by Gasteiger charge is -2.26. The largest absolute Gasteiger partial charge is 0.365 e. The topological polar surface area (TPSA) is 64.3 Å². The van der Waals surface area contributed by atoms with Gasteiger partial charge < -0.3 is 4.74 Å². The number of rotatable bonds is 5. The molecule has 0 spiro atoms. The third-order valence-corrected chi connectivity index (χ3v) is 2.89. The maximum absolute atomic E-state index is 11.4. The van der Waals surface area contributed by atoms with E-state index in [1.807, 2.05) is 6.92 Å². The first-order chi connectivity index (χ1) is 7.27. The lowest BCUT2D eigenvalue weighted by atomic mass is 9.97. The molecule has 0 radical (unpaired) electrons. The summed E-state index contributed by atoms with van der Waals surface area (Å²) in [5.41, 5.74) is 2.18. The normalized spacial score (nSPS) is 19.9. The molecule has 1 aliphatic carbocycles. The van der Waals surface area contributed by atoms with E-state index >= 15 is 0 Å². The lowest BCUT2D eigenvalue weighted by Crippen LogP contribution is -2.42. The molecule has 1 saturated carbocycles. The van der Waals surface area contributed by atoms with E-state index in [0.717, 1.165) is 25.7 Å². The third kappa shape index (κ3) is 4.18. The van der Waals surface area contributed by atoms with Crippen LogP contribution < -0.4 is 11.3 Å². The van der Waals surface area contributed by atoms with Crippen molar-refractivity contribution in [3.05, 3.63) is 0 Å². The number of carbonyl (C=O) groups excluding carboxylic acids is 1. The summed E-state index contributed by atoms with van der Waals surface area (Å²) >= 11 is 0. The molecule has 1 rings (SSSR count). The number of hydrogen-bond acceptors (Lipinski definition) is 3. The molecule has 1 fully saturated rings. The van der Waals surface area contributed by atoms with Crippen molar-refractivity contribution in [3.63, 3.8) is 0 Å². The van der Waals surface area contributed by atoms with Crippen molar-refractivity contribution in [2.75, 3.05) is 0 Å². The fourth-order valence-electron chi connectivity index (χ4n) is 2.05. The minimum Gasteiger partial charge on any atom is -0.365 e. The van der Waals surface area contributed by atoms with Gasteiger partial charge in [0.25, 0.3) is 5.91 Å². The van der Waals surface area contributed by atoms with Crippen LogP contribution in [-0.2, 0) is 9.53 Å². The zero-order chi connectivity index (χ0) is 11.1. The van der Waals surface area contributed by atoms with E-state index in [0.29, 0.717) is 0 Å². The Morgan fingerprint density at radius 3 is 2.67 bits per heavy atom. The van der Waals surface area contributed by atoms with Crippen molar-refractivity contribution in [1.82, 2.24) is 5.43 Å². The molecule has 3 N–H and O–H groups in total. The molecule has 0 saturated heterocycles. The molecule has 0 aromatic rings. The Bertz CT molecular complexity index is 191. The Labute approximate surface area is 91.5 Å². The van der Waals surface area contributed by atoms with Gasteiger partial charge in [-0.05, 0) is 19.3 Å². The quantitative estimate of drug-likeness (QED) is 0.414. The minimum absolute atomic E-state index is 0.192. The Hall–Kier alpha value is -0.610. The van der Waals surface area contributed by atoms with Crippen molar-refractivity contribution < 1.29 is 9.53 Å². The van der Waals surface area contributed by atoms with E-state index in [1.54, 1.807) is 0 Å². The van der Waals surface area contributed by atoms with Gasteiger partial charge in [0.2, 0.25) is 0 Å². The smallest absolute Gasteiger partial charge is 0.262 e. The van der Waals surface area contributed by atoms with Crippen molar-refractivity contribution >= 4 is 5.91 Å². The highest BCUT2D eigenvalue weighted by Gasteiger charge is 2.23. The van der Waals surface area contributed by atoms with Gasteiger partial charge in [-0.15, -0.1) is 0 Å². The van der Waals surface area contributed by atoms with Crippen LogP contribution in [0.3, 0.4) is 0 Å². The van der Waals surface area contributed by atoms with Gasteiger partial charge in [-0.1, -0.05) is 32.6 Å². The van der Waals surface area contributed by atoms with Crippen molar-refractivity contribution in [3.8, 4) is 0 Å². The van der Waals surface area contributed by atoms with Gasteiger partial charge in [0, 0.05) is 0 Å². The highest BCUT2D eigenvalue weighted by molar-refractivity contribution is 5.80. The first-order valence-corrected chi connectivity index (χ1v) is 5.93. The monoisotopic (exact) mass is 214 g/mol. The summed E-state index contributed by atoms with van der Waals surface area (Å²) in [5, 5.41) is 0. The number of hydrogen-bond donors (Lipinski definition) is 2. The number of carbonyl (C=O) groups is 1. The maximum atomic E-state index is 11.4. The number of amides is 1. The molecule has 0 aromatic carbocycles. The van der Waals surface area contributed by atoms with E-state index in [9.17, 15) is 4.79 Å². The van der Waals surface area contributed by atoms with Gasteiger partial charge in [0.15, 0.2) is 0 Å². The summed E-state index contributed by atoms with van der Waals surface area (Å²) in [5.74, 6) is 4.94. The van der Waals surface area contributed by atoms with Crippen LogP contribution in [0, 0.1) is 0 Å². The zero-order valence-corrected chi connectivity index (χ0v) is 9.50. The van der Waals surface area contributed by atoms with Crippen LogP contribution in [0.5, 0.6) is 0 Å². The molecule has 1 aliphatic rings. The summed E-state index contributed by atoms with van der Waals surface area (Å²) in [6.07, 6.45) is 7.47. The molecule has 1 atom stereocenters. The summed E-state index contributed by atoms with van der Waals surface area (Å²) in [6, 6.07) is 0. The SMILES string of the molecule is CCCC(OC1CCCCC1)C(=O)NN. The summed E-state index contributed by atoms with van der Waals surface area (Å²) in [6.45, 7) is 2.04. The predicted octanol–water partition coefficient (Wildman–Crippen LogP) is 1.49. The molecule has 0 aromatic heterocycles. The predicted molar refractivity (Wildman–Crippen MR) is 59.0 cm³/mol. The fraction of sp³-hybridized carbons (Fsp3) is 0.909. The molecule has 0 heterocycles. The molecule has 88 valence electrons. The van der Waals surface area contributed by atoms with E-state index < -0.39 is 0 Å². The molecule has 15 heavy (non-hydrogen) atoms. The van der Waals surface area contributed by atoms with Gasteiger partial charge >= 0.3 is 0 Å². The van der Waals surface area contributed by atoms with Crippen LogP contribution in [-0.4, -0.2) is 18.1 Å². The first kappa shape index (κ1) is 12.5. The molecule has 1 unspecified atom stereocenters. The van der Waals surface area contributed by atoms with Crippen LogP contribution in [0.2, 0.25) is 0 Å². The van der Waals surface area contributed by atoms with Crippen molar-refractivity contribution in [2.45, 2.75) is 64.1 Å². The van der Waals surface area contributed by atoms with Crippen molar-refractivity contribution in [2.24, 2.45) is 5.84 Å². The Kier molecular flexibility index (Phi) is 5.65. The number of nitrogens with two attached hydrogens (primary N) is 1. The zero-order valence-electron chi connectivity index (χ0n) is 9.50. The van der Waals surface area contributed by atoms with Crippen LogP contribution in [0.15, 0.2) is 0 Å². The van der Waals surface area contributed by atoms with Crippen LogP contribution in [0.25, 0.3) is 0 Å².